The molecule has 2 heteroatoms. The minimum atomic E-state index is 0.897. The lowest BCUT2D eigenvalue weighted by Crippen LogP contribution is -1.90. The third-order valence-corrected chi connectivity index (χ3v) is 5.86. The molecule has 6 rings (SSSR count). The Morgan fingerprint density at radius 2 is 1.12 bits per heavy atom. The first-order valence-corrected chi connectivity index (χ1v) is 10.8. The maximum absolute atomic E-state index is 6.16. The molecule has 1 heterocycles. The van der Waals surface area contributed by atoms with Crippen molar-refractivity contribution in [1.82, 2.24) is 0 Å². The highest BCUT2D eigenvalue weighted by Gasteiger charge is 2.13. The fourth-order valence-corrected chi connectivity index (χ4v) is 4.31. The van der Waals surface area contributed by atoms with Crippen LogP contribution in [0.15, 0.2) is 126 Å². The summed E-state index contributed by atoms with van der Waals surface area (Å²) in [6.45, 7) is 0. The van der Waals surface area contributed by atoms with Gasteiger partial charge in [0.1, 0.15) is 11.2 Å². The second-order valence-corrected chi connectivity index (χ2v) is 7.93. The molecule has 32 heavy (non-hydrogen) atoms. The van der Waals surface area contributed by atoms with E-state index in [0.29, 0.717) is 0 Å². The maximum atomic E-state index is 6.16. The molecule has 0 aliphatic heterocycles. The van der Waals surface area contributed by atoms with E-state index in [1.807, 2.05) is 24.3 Å². The van der Waals surface area contributed by atoms with Crippen molar-refractivity contribution in [3.05, 3.63) is 121 Å². The number of anilines is 2. The SMILES string of the molecule is c1ccc(-c2ccc(Nc3ccc4oc5cccc(-c6ccccc6)c5c4c3)cc2)cc1. The minimum Gasteiger partial charge on any atom is -0.456 e. The third-order valence-electron chi connectivity index (χ3n) is 5.86. The maximum Gasteiger partial charge on any atom is 0.136 e. The summed E-state index contributed by atoms with van der Waals surface area (Å²) in [5, 5.41) is 5.81. The van der Waals surface area contributed by atoms with Crippen LogP contribution >= 0.6 is 0 Å². The second-order valence-electron chi connectivity index (χ2n) is 7.93. The molecule has 0 saturated heterocycles. The van der Waals surface area contributed by atoms with Gasteiger partial charge in [0.15, 0.2) is 0 Å². The summed E-state index contributed by atoms with van der Waals surface area (Å²) in [5.41, 5.74) is 8.70. The zero-order valence-corrected chi connectivity index (χ0v) is 17.5. The van der Waals surface area contributed by atoms with Gasteiger partial charge in [0.25, 0.3) is 0 Å². The molecule has 0 radical (unpaired) electrons. The van der Waals surface area contributed by atoms with Crippen LogP contribution in [0.25, 0.3) is 44.2 Å². The van der Waals surface area contributed by atoms with Gasteiger partial charge < -0.3 is 9.73 Å². The van der Waals surface area contributed by atoms with Gasteiger partial charge in [-0.05, 0) is 58.7 Å². The molecule has 1 N–H and O–H groups in total. The summed E-state index contributed by atoms with van der Waals surface area (Å²) in [5.74, 6) is 0. The fraction of sp³-hybridized carbons (Fsp3) is 0. The zero-order chi connectivity index (χ0) is 21.3. The largest absolute Gasteiger partial charge is 0.456 e. The summed E-state index contributed by atoms with van der Waals surface area (Å²) in [7, 11) is 0. The van der Waals surface area contributed by atoms with Crippen LogP contribution in [-0.4, -0.2) is 0 Å². The van der Waals surface area contributed by atoms with Gasteiger partial charge in [-0.25, -0.2) is 0 Å². The third kappa shape index (κ3) is 3.32. The van der Waals surface area contributed by atoms with Crippen LogP contribution < -0.4 is 5.32 Å². The normalized spacial score (nSPS) is 11.1. The number of hydrogen-bond donors (Lipinski definition) is 1. The van der Waals surface area contributed by atoms with Gasteiger partial charge in [0.05, 0.1) is 0 Å². The first kappa shape index (κ1) is 18.5. The van der Waals surface area contributed by atoms with Crippen LogP contribution in [0, 0.1) is 0 Å². The van der Waals surface area contributed by atoms with Gasteiger partial charge in [-0.1, -0.05) is 84.9 Å². The summed E-state index contributed by atoms with van der Waals surface area (Å²) in [6, 6.07) is 42.0. The summed E-state index contributed by atoms with van der Waals surface area (Å²) < 4.78 is 6.16. The van der Waals surface area contributed by atoms with Crippen molar-refractivity contribution in [2.24, 2.45) is 0 Å². The Hall–Kier alpha value is -4.30. The molecule has 0 saturated carbocycles. The average molecular weight is 412 g/mol. The van der Waals surface area contributed by atoms with Crippen molar-refractivity contribution in [3.8, 4) is 22.3 Å². The lowest BCUT2D eigenvalue weighted by atomic mass is 9.99. The summed E-state index contributed by atoms with van der Waals surface area (Å²) in [6.07, 6.45) is 0. The molecule has 0 spiro atoms. The van der Waals surface area contributed by atoms with E-state index < -0.39 is 0 Å². The van der Waals surface area contributed by atoms with Gasteiger partial charge in [0.2, 0.25) is 0 Å². The minimum absolute atomic E-state index is 0.897. The number of hydrogen-bond acceptors (Lipinski definition) is 2. The van der Waals surface area contributed by atoms with Gasteiger partial charge in [-0.15, -0.1) is 0 Å². The predicted octanol–water partition coefficient (Wildman–Crippen LogP) is 8.66. The predicted molar refractivity (Wildman–Crippen MR) is 134 cm³/mol. The standard InChI is InChI=1S/C30H21NO/c1-3-8-21(9-4-1)22-14-16-24(17-15-22)31-25-18-19-28-27(20-25)30-26(12-7-13-29(30)32-28)23-10-5-2-6-11-23/h1-20,31H. The van der Waals surface area contributed by atoms with E-state index in [-0.39, 0.29) is 0 Å². The van der Waals surface area contributed by atoms with Crippen LogP contribution in [0.2, 0.25) is 0 Å². The Balaban J connectivity index is 1.38. The lowest BCUT2D eigenvalue weighted by Gasteiger charge is -2.08. The van der Waals surface area contributed by atoms with E-state index >= 15 is 0 Å². The smallest absolute Gasteiger partial charge is 0.136 e. The van der Waals surface area contributed by atoms with Crippen LogP contribution in [0.3, 0.4) is 0 Å². The first-order chi connectivity index (χ1) is 15.8. The molecule has 0 bridgehead atoms. The molecule has 0 aliphatic carbocycles. The summed E-state index contributed by atoms with van der Waals surface area (Å²) >= 11 is 0. The van der Waals surface area contributed by atoms with Gasteiger partial charge in [-0.3, -0.25) is 0 Å². The molecule has 6 aromatic rings. The quantitative estimate of drug-likeness (QED) is 0.314. The Kier molecular flexibility index (Phi) is 4.47. The van der Waals surface area contributed by atoms with Crippen molar-refractivity contribution >= 4 is 33.3 Å². The van der Waals surface area contributed by atoms with Gasteiger partial charge in [-0.2, -0.15) is 0 Å². The van der Waals surface area contributed by atoms with E-state index in [0.717, 1.165) is 33.3 Å². The molecular weight excluding hydrogens is 390 g/mol. The Labute approximate surface area is 186 Å². The van der Waals surface area contributed by atoms with Crippen molar-refractivity contribution in [1.29, 1.82) is 0 Å². The zero-order valence-electron chi connectivity index (χ0n) is 17.5. The highest BCUT2D eigenvalue weighted by atomic mass is 16.3. The van der Waals surface area contributed by atoms with Crippen LogP contribution in [0.1, 0.15) is 0 Å². The molecule has 2 nitrogen and oxygen atoms in total. The monoisotopic (exact) mass is 411 g/mol. The molecule has 0 fully saturated rings. The molecule has 0 atom stereocenters. The van der Waals surface area contributed by atoms with Crippen LogP contribution in [0.5, 0.6) is 0 Å². The highest BCUT2D eigenvalue weighted by molar-refractivity contribution is 6.13. The van der Waals surface area contributed by atoms with Gasteiger partial charge in [0, 0.05) is 22.1 Å². The lowest BCUT2D eigenvalue weighted by molar-refractivity contribution is 0.669. The van der Waals surface area contributed by atoms with Crippen molar-refractivity contribution in [2.75, 3.05) is 5.32 Å². The number of rotatable bonds is 4. The first-order valence-electron chi connectivity index (χ1n) is 10.8. The van der Waals surface area contributed by atoms with E-state index in [1.54, 1.807) is 0 Å². The average Bonchev–Trinajstić information content (AvgIpc) is 3.24. The molecule has 0 unspecified atom stereocenters. The number of benzene rings is 5. The molecule has 0 aliphatic rings. The Morgan fingerprint density at radius 3 is 1.88 bits per heavy atom. The fourth-order valence-electron chi connectivity index (χ4n) is 4.31. The van der Waals surface area contributed by atoms with Crippen molar-refractivity contribution in [2.45, 2.75) is 0 Å². The molecule has 5 aromatic carbocycles. The van der Waals surface area contributed by atoms with Crippen LogP contribution in [-0.2, 0) is 0 Å². The van der Waals surface area contributed by atoms with E-state index in [1.165, 1.54) is 22.3 Å². The molecule has 1 aromatic heterocycles. The number of fused-ring (bicyclic) bond motifs is 3. The van der Waals surface area contributed by atoms with Crippen LogP contribution in [0.4, 0.5) is 11.4 Å². The summed E-state index contributed by atoms with van der Waals surface area (Å²) in [4.78, 5) is 0. The molecule has 152 valence electrons. The van der Waals surface area contributed by atoms with Crippen molar-refractivity contribution in [3.63, 3.8) is 0 Å². The Bertz CT molecular complexity index is 1510. The second kappa shape index (κ2) is 7.75. The van der Waals surface area contributed by atoms with E-state index in [2.05, 4.69) is 102 Å². The van der Waals surface area contributed by atoms with E-state index in [4.69, 9.17) is 4.42 Å². The van der Waals surface area contributed by atoms with E-state index in [9.17, 15) is 0 Å². The molecular formula is C30H21NO. The topological polar surface area (TPSA) is 25.2 Å². The van der Waals surface area contributed by atoms with Gasteiger partial charge >= 0.3 is 0 Å². The number of nitrogens with one attached hydrogen (secondary N) is 1. The Morgan fingerprint density at radius 1 is 0.469 bits per heavy atom. The van der Waals surface area contributed by atoms with Crippen molar-refractivity contribution < 1.29 is 4.42 Å². The molecule has 0 amide bonds. The number of furan rings is 1. The highest BCUT2D eigenvalue weighted by Crippen LogP contribution is 2.38.